The first-order valence-corrected chi connectivity index (χ1v) is 19.2. The molecule has 0 spiro atoms. The minimum Gasteiger partial charge on any atom is -0.481 e. The zero-order valence-electron chi connectivity index (χ0n) is 32.5. The molecule has 0 fully saturated rings. The van der Waals surface area contributed by atoms with E-state index in [4.69, 9.17) is 10.8 Å². The standard InChI is InChI=1S/C23H22N2O4.C13H11NO.C10H13NO4/c26-20(9-5-2-6-16-25-21(27)14-15-22(25)28)24-19-12-10-18(11-13-19)23(29)17-7-3-1-4-8-17;14-12-8-6-11(7-9-12)13(15)10-4-2-1-3-5-10;12-8-5-6-9(13)11(8)7-3-1-2-4-10(14)15/h1,3-4,7-8,10-15H,2,5-6,9,16H2,(H,24,26);1-9H,14H2;5-6H,1-4,7H2,(H,14,15). The highest BCUT2D eigenvalue weighted by Gasteiger charge is 2.23. The number of nitrogens with one attached hydrogen (secondary N) is 1. The number of nitrogen functional groups attached to an aromatic ring is 1. The van der Waals surface area contributed by atoms with Crippen LogP contribution in [0.25, 0.3) is 0 Å². The van der Waals surface area contributed by atoms with Gasteiger partial charge in [0.25, 0.3) is 23.6 Å². The average molecular weight is 799 g/mol. The molecule has 4 aromatic carbocycles. The third-order valence-corrected chi connectivity index (χ3v) is 9.03. The van der Waals surface area contributed by atoms with Crippen LogP contribution in [0.1, 0.15) is 83.2 Å². The molecule has 0 atom stereocenters. The Morgan fingerprint density at radius 2 is 0.847 bits per heavy atom. The highest BCUT2D eigenvalue weighted by Crippen LogP contribution is 2.16. The summed E-state index contributed by atoms with van der Waals surface area (Å²) in [5.74, 6) is -2.07. The monoisotopic (exact) mass is 798 g/mol. The molecule has 0 saturated carbocycles. The lowest BCUT2D eigenvalue weighted by molar-refractivity contribution is -0.138. The molecule has 304 valence electrons. The second-order valence-corrected chi connectivity index (χ2v) is 13.5. The third kappa shape index (κ3) is 14.6. The van der Waals surface area contributed by atoms with Gasteiger partial charge in [-0.05, 0) is 74.2 Å². The Hall–Kier alpha value is -7.28. The van der Waals surface area contributed by atoms with Crippen LogP contribution in [-0.4, -0.2) is 75.1 Å². The molecule has 0 bridgehead atoms. The first-order chi connectivity index (χ1) is 28.4. The Bertz CT molecular complexity index is 2130. The fraction of sp³-hybridized carbons (Fsp3) is 0.217. The molecule has 13 nitrogen and oxygen atoms in total. The number of benzene rings is 4. The molecule has 6 rings (SSSR count). The van der Waals surface area contributed by atoms with Gasteiger partial charge in [-0.1, -0.05) is 73.5 Å². The van der Waals surface area contributed by atoms with Gasteiger partial charge in [0.1, 0.15) is 0 Å². The number of carbonyl (C=O) groups is 8. The number of amides is 5. The van der Waals surface area contributed by atoms with Crippen molar-refractivity contribution in [1.82, 2.24) is 9.80 Å². The van der Waals surface area contributed by atoms with Crippen molar-refractivity contribution >= 4 is 58.4 Å². The summed E-state index contributed by atoms with van der Waals surface area (Å²) in [5, 5.41) is 11.2. The number of ketones is 2. The van der Waals surface area contributed by atoms with Gasteiger partial charge in [-0.25, -0.2) is 0 Å². The first-order valence-electron chi connectivity index (χ1n) is 19.2. The van der Waals surface area contributed by atoms with Crippen LogP contribution in [0.4, 0.5) is 11.4 Å². The van der Waals surface area contributed by atoms with E-state index in [1.807, 2.05) is 36.4 Å². The van der Waals surface area contributed by atoms with Crippen LogP contribution in [-0.2, 0) is 28.8 Å². The van der Waals surface area contributed by atoms with Crippen molar-refractivity contribution in [3.8, 4) is 0 Å². The summed E-state index contributed by atoms with van der Waals surface area (Å²) in [5.41, 5.74) is 9.40. The van der Waals surface area contributed by atoms with E-state index in [9.17, 15) is 38.4 Å². The van der Waals surface area contributed by atoms with E-state index >= 15 is 0 Å². The normalized spacial score (nSPS) is 12.7. The van der Waals surface area contributed by atoms with Crippen LogP contribution in [0, 0.1) is 0 Å². The Morgan fingerprint density at radius 3 is 1.25 bits per heavy atom. The van der Waals surface area contributed by atoms with Crippen LogP contribution in [0.2, 0.25) is 0 Å². The molecule has 0 unspecified atom stereocenters. The van der Waals surface area contributed by atoms with Crippen molar-refractivity contribution < 1.29 is 43.5 Å². The number of imide groups is 2. The van der Waals surface area contributed by atoms with E-state index in [0.717, 1.165) is 6.42 Å². The maximum atomic E-state index is 12.4. The molecule has 0 saturated heterocycles. The molecule has 2 aliphatic heterocycles. The van der Waals surface area contributed by atoms with Gasteiger partial charge >= 0.3 is 5.97 Å². The number of rotatable bonds is 17. The molecule has 59 heavy (non-hydrogen) atoms. The predicted molar refractivity (Wildman–Crippen MR) is 222 cm³/mol. The van der Waals surface area contributed by atoms with Crippen molar-refractivity contribution in [1.29, 1.82) is 0 Å². The van der Waals surface area contributed by atoms with Crippen molar-refractivity contribution in [2.75, 3.05) is 24.1 Å². The summed E-state index contributed by atoms with van der Waals surface area (Å²) >= 11 is 0. The largest absolute Gasteiger partial charge is 0.481 e. The SMILES string of the molecule is Nc1ccc(C(=O)c2ccccc2)cc1.O=C(CCCCCN1C(=O)C=CC1=O)Nc1ccc(C(=O)c2ccccc2)cc1.O=C(O)CCCCCN1C(=O)C=CC1=O. The number of aliphatic carboxylic acids is 1. The quantitative estimate of drug-likeness (QED) is 0.0465. The van der Waals surface area contributed by atoms with E-state index in [2.05, 4.69) is 5.32 Å². The number of hydrogen-bond acceptors (Lipinski definition) is 9. The molecular weight excluding hydrogens is 753 g/mol. The molecule has 2 aliphatic rings. The molecule has 5 amide bonds. The summed E-state index contributed by atoms with van der Waals surface area (Å²) < 4.78 is 0. The fourth-order valence-corrected chi connectivity index (χ4v) is 5.83. The molecule has 0 radical (unpaired) electrons. The van der Waals surface area contributed by atoms with Gasteiger partial charge in [-0.3, -0.25) is 48.2 Å². The maximum absolute atomic E-state index is 12.4. The Morgan fingerprint density at radius 1 is 0.475 bits per heavy atom. The van der Waals surface area contributed by atoms with E-state index < -0.39 is 5.97 Å². The summed E-state index contributed by atoms with van der Waals surface area (Å²) in [7, 11) is 0. The number of unbranched alkanes of at least 4 members (excludes halogenated alkanes) is 4. The molecule has 4 N–H and O–H groups in total. The number of nitrogens with two attached hydrogens (primary N) is 1. The van der Waals surface area contributed by atoms with Gasteiger partial charge in [-0.2, -0.15) is 0 Å². The highest BCUT2D eigenvalue weighted by molar-refractivity contribution is 6.13. The summed E-state index contributed by atoms with van der Waals surface area (Å²) in [6.07, 6.45) is 9.57. The first kappa shape index (κ1) is 44.4. The van der Waals surface area contributed by atoms with Gasteiger partial charge in [0.15, 0.2) is 11.6 Å². The van der Waals surface area contributed by atoms with Gasteiger partial charge in [0.2, 0.25) is 5.91 Å². The number of carboxylic acids is 1. The zero-order chi connectivity index (χ0) is 42.6. The van der Waals surface area contributed by atoms with Gasteiger partial charge < -0.3 is 16.2 Å². The van der Waals surface area contributed by atoms with E-state index in [-0.39, 0.29) is 47.5 Å². The highest BCUT2D eigenvalue weighted by atomic mass is 16.4. The third-order valence-electron chi connectivity index (χ3n) is 9.03. The van der Waals surface area contributed by atoms with Crippen LogP contribution < -0.4 is 11.1 Å². The Kier molecular flexibility index (Phi) is 17.4. The molecule has 4 aromatic rings. The van der Waals surface area contributed by atoms with E-state index in [1.165, 1.54) is 34.1 Å². The lowest BCUT2D eigenvalue weighted by Gasteiger charge is -2.13. The Labute approximate surface area is 342 Å². The smallest absolute Gasteiger partial charge is 0.303 e. The fourth-order valence-electron chi connectivity index (χ4n) is 5.83. The summed E-state index contributed by atoms with van der Waals surface area (Å²) in [6.45, 7) is 0.757. The summed E-state index contributed by atoms with van der Waals surface area (Å²) in [4.78, 5) is 94.0. The van der Waals surface area contributed by atoms with E-state index in [0.29, 0.717) is 85.2 Å². The minimum atomic E-state index is -0.815. The van der Waals surface area contributed by atoms with Crippen LogP contribution in [0.15, 0.2) is 133 Å². The zero-order valence-corrected chi connectivity index (χ0v) is 32.5. The second-order valence-electron chi connectivity index (χ2n) is 13.5. The van der Waals surface area contributed by atoms with Crippen molar-refractivity contribution in [2.45, 2.75) is 51.4 Å². The molecule has 13 heteroatoms. The number of anilines is 2. The second kappa shape index (κ2) is 23.1. The van der Waals surface area contributed by atoms with Crippen LogP contribution in [0.5, 0.6) is 0 Å². The van der Waals surface area contributed by atoms with Gasteiger partial charge in [-0.15, -0.1) is 0 Å². The average Bonchev–Trinajstić information content (AvgIpc) is 3.75. The predicted octanol–water partition coefficient (Wildman–Crippen LogP) is 6.40. The van der Waals surface area contributed by atoms with E-state index in [1.54, 1.807) is 72.8 Å². The number of nitrogens with zero attached hydrogens (tertiary/aromatic N) is 2. The lowest BCUT2D eigenvalue weighted by Crippen LogP contribution is -2.30. The number of hydrogen-bond donors (Lipinski definition) is 3. The molecule has 2 heterocycles. The van der Waals surface area contributed by atoms with Crippen LogP contribution >= 0.6 is 0 Å². The summed E-state index contributed by atoms with van der Waals surface area (Å²) in [6, 6.07) is 32.0. The number of carboxylic acid groups (broad SMARTS) is 1. The number of carbonyl (C=O) groups excluding carboxylic acids is 7. The van der Waals surface area contributed by atoms with Crippen molar-refractivity contribution in [2.24, 2.45) is 0 Å². The topological polar surface area (TPSA) is 201 Å². The van der Waals surface area contributed by atoms with Crippen LogP contribution in [0.3, 0.4) is 0 Å². The van der Waals surface area contributed by atoms with Gasteiger partial charge in [0, 0.05) is 83.9 Å². The minimum absolute atomic E-state index is 0.0237. The van der Waals surface area contributed by atoms with Gasteiger partial charge in [0.05, 0.1) is 0 Å². The van der Waals surface area contributed by atoms with Crippen molar-refractivity contribution in [3.63, 3.8) is 0 Å². The maximum Gasteiger partial charge on any atom is 0.303 e. The molecule has 0 aromatic heterocycles. The Balaban J connectivity index is 0.000000215. The molecule has 0 aliphatic carbocycles. The lowest BCUT2D eigenvalue weighted by atomic mass is 10.0. The van der Waals surface area contributed by atoms with Crippen molar-refractivity contribution in [3.05, 3.63) is 156 Å². The molecular formula is C46H46N4O9.